The third kappa shape index (κ3) is 8.94. The molecule has 0 aliphatic carbocycles. The fourth-order valence-corrected chi connectivity index (χ4v) is 6.08. The number of carbonyl (C=O) groups excluding carboxylic acids is 2. The summed E-state index contributed by atoms with van der Waals surface area (Å²) in [6.07, 6.45) is -4.44. The second-order valence-corrected chi connectivity index (χ2v) is 12.0. The minimum absolute atomic E-state index is 0.0170. The van der Waals surface area contributed by atoms with Crippen LogP contribution in [0.4, 0.5) is 19.0 Å². The molecule has 3 aromatic rings. The summed E-state index contributed by atoms with van der Waals surface area (Å²) in [5.41, 5.74) is 8.95. The van der Waals surface area contributed by atoms with Crippen LogP contribution in [0.25, 0.3) is 10.9 Å². The third-order valence-electron chi connectivity index (χ3n) is 8.50. The molecule has 262 valence electrons. The van der Waals surface area contributed by atoms with Gasteiger partial charge in [-0.3, -0.25) is 19.3 Å². The smallest absolute Gasteiger partial charge is 0.489 e. The molecule has 2 aromatic carbocycles. The first-order valence-electron chi connectivity index (χ1n) is 15.6. The minimum Gasteiger partial charge on any atom is -0.489 e. The fraction of sp³-hybridized carbons (Fsp3) is 0.424. The molecule has 4 heterocycles. The first-order chi connectivity index (χ1) is 23.3. The molecule has 3 aliphatic rings. The van der Waals surface area contributed by atoms with Crippen molar-refractivity contribution in [3.63, 3.8) is 0 Å². The van der Waals surface area contributed by atoms with Crippen molar-refractivity contribution in [3.8, 4) is 5.75 Å². The van der Waals surface area contributed by atoms with Gasteiger partial charge in [0, 0.05) is 56.6 Å². The van der Waals surface area contributed by atoms with Crippen LogP contribution in [0.5, 0.6) is 5.75 Å². The van der Waals surface area contributed by atoms with Gasteiger partial charge in [0.25, 0.3) is 5.91 Å². The molecule has 16 heteroatoms. The van der Waals surface area contributed by atoms with Gasteiger partial charge >= 0.3 is 18.1 Å². The van der Waals surface area contributed by atoms with Crippen molar-refractivity contribution < 1.29 is 52.0 Å². The molecular formula is C33H36F3N5O8. The van der Waals surface area contributed by atoms with Gasteiger partial charge in [0.1, 0.15) is 23.7 Å². The summed E-state index contributed by atoms with van der Waals surface area (Å²) in [5, 5.41) is 17.3. The normalized spacial score (nSPS) is 18.5. The monoisotopic (exact) mass is 687 g/mol. The van der Waals surface area contributed by atoms with E-state index in [1.54, 1.807) is 12.1 Å². The number of primary amides is 1. The van der Waals surface area contributed by atoms with E-state index >= 15 is 0 Å². The summed E-state index contributed by atoms with van der Waals surface area (Å²) in [6.45, 7) is 5.91. The van der Waals surface area contributed by atoms with Gasteiger partial charge in [-0.2, -0.15) is 13.2 Å². The predicted octanol–water partition coefficient (Wildman–Crippen LogP) is 3.03. The maximum atomic E-state index is 12.9. The van der Waals surface area contributed by atoms with Crippen molar-refractivity contribution in [1.82, 2.24) is 14.8 Å². The molecule has 2 unspecified atom stereocenters. The number of halogens is 3. The minimum atomic E-state index is -5.08. The Labute approximate surface area is 279 Å². The van der Waals surface area contributed by atoms with Crippen LogP contribution in [0, 0.1) is 0 Å². The second-order valence-electron chi connectivity index (χ2n) is 12.0. The van der Waals surface area contributed by atoms with Crippen molar-refractivity contribution in [2.45, 2.75) is 50.7 Å². The van der Waals surface area contributed by atoms with Crippen LogP contribution in [0.1, 0.15) is 40.7 Å². The van der Waals surface area contributed by atoms with E-state index in [2.05, 4.69) is 40.1 Å². The number of carbonyl (C=O) groups is 4. The lowest BCUT2D eigenvalue weighted by Crippen LogP contribution is -2.45. The summed E-state index contributed by atoms with van der Waals surface area (Å²) >= 11 is 0. The molecule has 1 aromatic heterocycles. The Bertz CT molecular complexity index is 1720. The second kappa shape index (κ2) is 15.1. The van der Waals surface area contributed by atoms with Gasteiger partial charge in [-0.25, -0.2) is 9.78 Å². The third-order valence-corrected chi connectivity index (χ3v) is 8.50. The van der Waals surface area contributed by atoms with E-state index in [0.717, 1.165) is 74.6 Å². The van der Waals surface area contributed by atoms with Gasteiger partial charge in [-0.05, 0) is 66.4 Å². The Hall–Kier alpha value is -4.96. The largest absolute Gasteiger partial charge is 0.490 e. The molecule has 2 amide bonds. The molecule has 0 saturated carbocycles. The molecule has 4 N–H and O–H groups in total. The molecule has 0 bridgehead atoms. The standard InChI is InChI=1S/C31H35N5O6.C2HF3O2/c32-30(39)27(6-8-29(37)38)36-18-22-16-23(3-4-25(22)31(36)40)42-24-9-10-34(19-24)17-20-1-5-26-21(15-20)2-7-28(33-26)35-11-13-41-14-12-35;3-2(4,5)1(6)7/h1-5,7,15-16,24,27H,6,8-14,17-19H2,(H2,32,39)(H,37,38);(H,6,7). The van der Waals surface area contributed by atoms with Crippen LogP contribution in [0.15, 0.2) is 48.5 Å². The molecule has 0 spiro atoms. The quantitative estimate of drug-likeness (QED) is 0.286. The summed E-state index contributed by atoms with van der Waals surface area (Å²) in [7, 11) is 0. The number of morpholine rings is 1. The van der Waals surface area contributed by atoms with Crippen LogP contribution in [-0.2, 0) is 32.2 Å². The number of pyridine rings is 1. The van der Waals surface area contributed by atoms with Gasteiger partial charge < -0.3 is 35.2 Å². The highest BCUT2D eigenvalue weighted by atomic mass is 19.4. The van der Waals surface area contributed by atoms with E-state index in [1.807, 2.05) is 6.07 Å². The Balaban J connectivity index is 0.000000606. The van der Waals surface area contributed by atoms with Gasteiger partial charge in [0.05, 0.1) is 18.7 Å². The topological polar surface area (TPSA) is 176 Å². The molecule has 2 saturated heterocycles. The number of likely N-dealkylation sites (tertiary alicyclic amines) is 1. The van der Waals surface area contributed by atoms with Gasteiger partial charge in [0.2, 0.25) is 5.91 Å². The summed E-state index contributed by atoms with van der Waals surface area (Å²) < 4.78 is 43.5. The Kier molecular flexibility index (Phi) is 10.9. The number of hydrogen-bond acceptors (Lipinski definition) is 9. The number of nitrogens with two attached hydrogens (primary N) is 1. The van der Waals surface area contributed by atoms with E-state index in [9.17, 15) is 27.6 Å². The number of alkyl halides is 3. The van der Waals surface area contributed by atoms with E-state index in [0.29, 0.717) is 11.3 Å². The van der Waals surface area contributed by atoms with Crippen LogP contribution < -0.4 is 15.4 Å². The van der Waals surface area contributed by atoms with Crippen molar-refractivity contribution in [2.75, 3.05) is 44.3 Å². The lowest BCUT2D eigenvalue weighted by Gasteiger charge is -2.28. The van der Waals surface area contributed by atoms with Crippen molar-refractivity contribution in [1.29, 1.82) is 0 Å². The number of nitrogens with zero attached hydrogens (tertiary/aromatic N) is 4. The van der Waals surface area contributed by atoms with E-state index in [-0.39, 0.29) is 31.4 Å². The molecule has 2 atom stereocenters. The summed E-state index contributed by atoms with van der Waals surface area (Å²) in [5.74, 6) is -3.16. The number of ether oxygens (including phenoxy) is 2. The average Bonchev–Trinajstić information content (AvgIpc) is 3.63. The molecule has 13 nitrogen and oxygen atoms in total. The molecule has 6 rings (SSSR count). The number of carboxylic acid groups (broad SMARTS) is 2. The summed E-state index contributed by atoms with van der Waals surface area (Å²) in [6, 6.07) is 15.0. The zero-order valence-corrected chi connectivity index (χ0v) is 26.4. The van der Waals surface area contributed by atoms with E-state index < -0.39 is 30.1 Å². The number of fused-ring (bicyclic) bond motifs is 2. The number of benzene rings is 2. The highest BCUT2D eigenvalue weighted by Gasteiger charge is 2.38. The van der Waals surface area contributed by atoms with Crippen LogP contribution in [0.3, 0.4) is 0 Å². The lowest BCUT2D eigenvalue weighted by molar-refractivity contribution is -0.192. The zero-order chi connectivity index (χ0) is 35.3. The predicted molar refractivity (Wildman–Crippen MR) is 169 cm³/mol. The Morgan fingerprint density at radius 2 is 1.78 bits per heavy atom. The number of carboxylic acids is 2. The molecular weight excluding hydrogens is 651 g/mol. The first-order valence-corrected chi connectivity index (χ1v) is 15.6. The van der Waals surface area contributed by atoms with Gasteiger partial charge in [0.15, 0.2) is 0 Å². The number of anilines is 1. The summed E-state index contributed by atoms with van der Waals surface area (Å²) in [4.78, 5) is 55.7. The van der Waals surface area contributed by atoms with Gasteiger partial charge in [-0.15, -0.1) is 0 Å². The maximum absolute atomic E-state index is 12.9. The highest BCUT2D eigenvalue weighted by molar-refractivity contribution is 6.01. The Morgan fingerprint density at radius 3 is 2.45 bits per heavy atom. The lowest BCUT2D eigenvalue weighted by atomic mass is 10.1. The van der Waals surface area contributed by atoms with E-state index in [1.165, 1.54) is 10.5 Å². The zero-order valence-electron chi connectivity index (χ0n) is 26.4. The number of aromatic nitrogens is 1. The van der Waals surface area contributed by atoms with Crippen LogP contribution in [0.2, 0.25) is 0 Å². The SMILES string of the molecule is NC(=O)C(CCC(=O)O)N1Cc2cc(OC3CCN(Cc4ccc5nc(N6CCOCC6)ccc5c4)C3)ccc2C1=O.O=C(O)C(F)(F)F. The van der Waals surface area contributed by atoms with Crippen molar-refractivity contribution >= 4 is 40.5 Å². The number of amides is 2. The maximum Gasteiger partial charge on any atom is 0.490 e. The molecule has 3 aliphatic heterocycles. The molecule has 49 heavy (non-hydrogen) atoms. The molecule has 2 fully saturated rings. The van der Waals surface area contributed by atoms with Crippen LogP contribution in [-0.4, -0.2) is 106 Å². The number of rotatable bonds is 10. The number of aliphatic carboxylic acids is 2. The van der Waals surface area contributed by atoms with Crippen molar-refractivity contribution in [2.24, 2.45) is 5.73 Å². The first kappa shape index (κ1) is 35.3. The Morgan fingerprint density at radius 1 is 1.04 bits per heavy atom. The number of hydrogen-bond donors (Lipinski definition) is 3. The fourth-order valence-electron chi connectivity index (χ4n) is 6.08. The van der Waals surface area contributed by atoms with Crippen LogP contribution >= 0.6 is 0 Å². The van der Waals surface area contributed by atoms with Gasteiger partial charge in [-0.1, -0.05) is 6.07 Å². The van der Waals surface area contributed by atoms with E-state index in [4.69, 9.17) is 35.2 Å². The average molecular weight is 688 g/mol. The van der Waals surface area contributed by atoms with Crippen molar-refractivity contribution in [3.05, 3.63) is 65.2 Å². The highest BCUT2D eigenvalue weighted by Crippen LogP contribution is 2.31. The molecule has 0 radical (unpaired) electrons.